The quantitative estimate of drug-likeness (QED) is 0.760. The normalized spacial score (nSPS) is 28.2. The van der Waals surface area contributed by atoms with E-state index in [9.17, 15) is 19.5 Å². The first-order valence-corrected chi connectivity index (χ1v) is 8.38. The number of β-lactam (4-membered cyclic amide) rings is 1. The Morgan fingerprint density at radius 2 is 1.92 bits per heavy atom. The summed E-state index contributed by atoms with van der Waals surface area (Å²) < 4.78 is 0. The number of nitrogens with two attached hydrogens (primary N) is 1. The third-order valence-corrected chi connectivity index (χ3v) is 5.36. The second-order valence-corrected chi connectivity index (χ2v) is 7.11. The van der Waals surface area contributed by atoms with E-state index < -0.39 is 23.6 Å². The Morgan fingerprint density at radius 1 is 1.32 bits per heavy atom. The van der Waals surface area contributed by atoms with Gasteiger partial charge in [0.25, 0.3) is 5.91 Å². The molecule has 0 aromatic heterocycles. The van der Waals surface area contributed by atoms with E-state index in [0.29, 0.717) is 5.69 Å². The highest BCUT2D eigenvalue weighted by atomic mass is 16.3. The first-order valence-electron chi connectivity index (χ1n) is 8.38. The SMILES string of the molecule is Cc1ccc(N2C(=O)CC(C)C23CN(C(C(N)=O)[C@@H](C)O)C3=O)cc1. The van der Waals surface area contributed by atoms with Crippen LogP contribution in [0.5, 0.6) is 0 Å². The lowest BCUT2D eigenvalue weighted by atomic mass is 9.76. The Labute approximate surface area is 146 Å². The van der Waals surface area contributed by atoms with Crippen LogP contribution in [0.15, 0.2) is 24.3 Å². The molecule has 3 amide bonds. The van der Waals surface area contributed by atoms with E-state index in [0.717, 1.165) is 5.56 Å². The number of likely N-dealkylation sites (tertiary alicyclic amines) is 1. The Balaban J connectivity index is 1.97. The molecule has 2 aliphatic heterocycles. The topological polar surface area (TPSA) is 104 Å². The number of aliphatic hydroxyl groups is 1. The minimum absolute atomic E-state index is 0.114. The van der Waals surface area contributed by atoms with Crippen LogP contribution >= 0.6 is 0 Å². The molecule has 3 unspecified atom stereocenters. The van der Waals surface area contributed by atoms with E-state index in [-0.39, 0.29) is 30.7 Å². The number of hydrogen-bond donors (Lipinski definition) is 2. The van der Waals surface area contributed by atoms with Crippen molar-refractivity contribution in [1.29, 1.82) is 0 Å². The predicted molar refractivity (Wildman–Crippen MR) is 91.6 cm³/mol. The number of aryl methyl sites for hydroxylation is 1. The van der Waals surface area contributed by atoms with Gasteiger partial charge in [0.2, 0.25) is 11.8 Å². The average Bonchev–Trinajstić information content (AvgIpc) is 2.79. The third-order valence-electron chi connectivity index (χ3n) is 5.36. The maximum atomic E-state index is 13.1. The summed E-state index contributed by atoms with van der Waals surface area (Å²) in [7, 11) is 0. The number of anilines is 1. The van der Waals surface area contributed by atoms with E-state index in [2.05, 4.69) is 0 Å². The highest BCUT2D eigenvalue weighted by Crippen LogP contribution is 2.47. The number of carbonyl (C=O) groups excluding carboxylic acids is 3. The molecular formula is C18H23N3O4. The van der Waals surface area contributed by atoms with Crippen LogP contribution in [-0.2, 0) is 14.4 Å². The molecule has 3 rings (SSSR count). The van der Waals surface area contributed by atoms with E-state index >= 15 is 0 Å². The Bertz CT molecular complexity index is 730. The van der Waals surface area contributed by atoms with Gasteiger partial charge in [-0.3, -0.25) is 19.3 Å². The molecule has 0 bridgehead atoms. The van der Waals surface area contributed by atoms with Crippen molar-refractivity contribution in [3.63, 3.8) is 0 Å². The van der Waals surface area contributed by atoms with Gasteiger partial charge in [0.15, 0.2) is 0 Å². The second-order valence-electron chi connectivity index (χ2n) is 7.11. The molecule has 0 aliphatic carbocycles. The summed E-state index contributed by atoms with van der Waals surface area (Å²) in [5.74, 6) is -1.39. The molecule has 1 spiro atoms. The van der Waals surface area contributed by atoms with Crippen LogP contribution in [0, 0.1) is 12.8 Å². The van der Waals surface area contributed by atoms with Gasteiger partial charge >= 0.3 is 0 Å². The average molecular weight is 345 g/mol. The molecule has 2 saturated heterocycles. The van der Waals surface area contributed by atoms with Crippen molar-refractivity contribution < 1.29 is 19.5 Å². The van der Waals surface area contributed by atoms with Crippen molar-refractivity contribution in [3.05, 3.63) is 29.8 Å². The van der Waals surface area contributed by atoms with Crippen LogP contribution < -0.4 is 10.6 Å². The monoisotopic (exact) mass is 345 g/mol. The molecule has 7 nitrogen and oxygen atoms in total. The number of primary amides is 1. The summed E-state index contributed by atoms with van der Waals surface area (Å²) >= 11 is 0. The fourth-order valence-corrected chi connectivity index (χ4v) is 4.00. The molecule has 0 radical (unpaired) electrons. The molecule has 2 fully saturated rings. The highest BCUT2D eigenvalue weighted by Gasteiger charge is 2.66. The van der Waals surface area contributed by atoms with Crippen LogP contribution in [0.3, 0.4) is 0 Å². The third kappa shape index (κ3) is 2.41. The lowest BCUT2D eigenvalue weighted by Crippen LogP contribution is -2.78. The van der Waals surface area contributed by atoms with Crippen molar-refractivity contribution in [2.24, 2.45) is 11.7 Å². The van der Waals surface area contributed by atoms with Gasteiger partial charge in [-0.05, 0) is 31.9 Å². The lowest BCUT2D eigenvalue weighted by Gasteiger charge is -2.55. The first-order chi connectivity index (χ1) is 11.7. The maximum Gasteiger partial charge on any atom is 0.251 e. The fraction of sp³-hybridized carbons (Fsp3) is 0.500. The Morgan fingerprint density at radius 3 is 2.40 bits per heavy atom. The van der Waals surface area contributed by atoms with E-state index in [1.54, 1.807) is 4.90 Å². The van der Waals surface area contributed by atoms with Gasteiger partial charge in [0.1, 0.15) is 11.6 Å². The molecule has 3 N–H and O–H groups in total. The Kier molecular flexibility index (Phi) is 4.07. The van der Waals surface area contributed by atoms with Crippen molar-refractivity contribution >= 4 is 23.4 Å². The summed E-state index contributed by atoms with van der Waals surface area (Å²) in [6.45, 7) is 5.42. The molecule has 2 heterocycles. The zero-order valence-electron chi connectivity index (χ0n) is 14.6. The molecule has 2 aliphatic rings. The molecule has 4 atom stereocenters. The number of hydrogen-bond acceptors (Lipinski definition) is 4. The number of amides is 3. The van der Waals surface area contributed by atoms with Gasteiger partial charge in [-0.25, -0.2) is 0 Å². The summed E-state index contributed by atoms with van der Waals surface area (Å²) in [6.07, 6.45) is -0.803. The first kappa shape index (κ1) is 17.4. The summed E-state index contributed by atoms with van der Waals surface area (Å²) in [5.41, 5.74) is 6.07. The van der Waals surface area contributed by atoms with Gasteiger partial charge in [0.05, 0.1) is 12.6 Å². The van der Waals surface area contributed by atoms with Crippen molar-refractivity contribution in [3.8, 4) is 0 Å². The van der Waals surface area contributed by atoms with Crippen molar-refractivity contribution in [1.82, 2.24) is 4.90 Å². The van der Waals surface area contributed by atoms with Crippen LogP contribution in [0.1, 0.15) is 25.8 Å². The molecule has 7 heteroatoms. The van der Waals surface area contributed by atoms with Crippen LogP contribution in [0.4, 0.5) is 5.69 Å². The molecule has 1 aromatic carbocycles. The van der Waals surface area contributed by atoms with E-state index in [1.807, 2.05) is 38.1 Å². The summed E-state index contributed by atoms with van der Waals surface area (Å²) in [5, 5.41) is 9.82. The van der Waals surface area contributed by atoms with Gasteiger partial charge < -0.3 is 15.7 Å². The van der Waals surface area contributed by atoms with Crippen molar-refractivity contribution in [2.75, 3.05) is 11.4 Å². The van der Waals surface area contributed by atoms with Crippen LogP contribution in [-0.4, -0.2) is 52.0 Å². The predicted octanol–water partition coefficient (Wildman–Crippen LogP) is 0.184. The second kappa shape index (κ2) is 5.84. The molecule has 25 heavy (non-hydrogen) atoms. The summed E-state index contributed by atoms with van der Waals surface area (Å²) in [4.78, 5) is 40.1. The molecular weight excluding hydrogens is 322 g/mol. The van der Waals surface area contributed by atoms with Crippen molar-refractivity contribution in [2.45, 2.75) is 44.9 Å². The number of nitrogens with zero attached hydrogens (tertiary/aromatic N) is 2. The zero-order chi connectivity index (χ0) is 18.5. The smallest absolute Gasteiger partial charge is 0.251 e. The minimum Gasteiger partial charge on any atom is -0.391 e. The molecule has 0 saturated carbocycles. The van der Waals surface area contributed by atoms with Crippen LogP contribution in [0.25, 0.3) is 0 Å². The highest BCUT2D eigenvalue weighted by molar-refractivity contribution is 6.11. The molecule has 134 valence electrons. The van der Waals surface area contributed by atoms with E-state index in [4.69, 9.17) is 5.73 Å². The number of rotatable bonds is 4. The van der Waals surface area contributed by atoms with Gasteiger partial charge in [-0.15, -0.1) is 0 Å². The fourth-order valence-electron chi connectivity index (χ4n) is 4.00. The zero-order valence-corrected chi connectivity index (χ0v) is 14.6. The number of benzene rings is 1. The standard InChI is InChI=1S/C18H23N3O4/c1-10-4-6-13(7-5-10)21-14(23)8-11(2)18(21)9-20(17(18)25)15(12(3)22)16(19)24/h4-7,11-12,15,22H,8-9H2,1-3H3,(H2,19,24)/t11?,12-,15?,18?/m1/s1. The number of carbonyl (C=O) groups is 3. The number of aliphatic hydroxyl groups excluding tert-OH is 1. The van der Waals surface area contributed by atoms with Gasteiger partial charge in [-0.2, -0.15) is 0 Å². The maximum absolute atomic E-state index is 13.1. The summed E-state index contributed by atoms with van der Waals surface area (Å²) in [6, 6.07) is 6.34. The van der Waals surface area contributed by atoms with Gasteiger partial charge in [-0.1, -0.05) is 24.6 Å². The Hall–Kier alpha value is -2.41. The molecule has 1 aromatic rings. The lowest BCUT2D eigenvalue weighted by molar-refractivity contribution is -0.164. The van der Waals surface area contributed by atoms with E-state index in [1.165, 1.54) is 11.8 Å². The van der Waals surface area contributed by atoms with Gasteiger partial charge in [0, 0.05) is 12.1 Å². The largest absolute Gasteiger partial charge is 0.391 e. The minimum atomic E-state index is -1.08. The van der Waals surface area contributed by atoms with Crippen LogP contribution in [0.2, 0.25) is 0 Å².